The summed E-state index contributed by atoms with van der Waals surface area (Å²) in [4.78, 5) is 36.0. The number of sulfonamides is 1. The van der Waals surface area contributed by atoms with Crippen LogP contribution < -0.4 is 10.6 Å². The zero-order valence-electron chi connectivity index (χ0n) is 14.7. The predicted octanol–water partition coefficient (Wildman–Crippen LogP) is 0.570. The van der Waals surface area contributed by atoms with Crippen LogP contribution in [-0.2, 0) is 19.6 Å². The molecule has 3 rings (SSSR count). The monoisotopic (exact) mass is 396 g/mol. The number of carbonyl (C=O) groups excluding carboxylic acids is 3. The Labute approximate surface area is 156 Å². The van der Waals surface area contributed by atoms with Crippen LogP contribution in [0, 0.1) is 0 Å². The molecule has 2 aliphatic rings. The molecule has 2 saturated heterocycles. The van der Waals surface area contributed by atoms with Crippen LogP contribution in [0.15, 0.2) is 29.2 Å². The number of carbonyl (C=O) groups is 3. The van der Waals surface area contributed by atoms with E-state index in [1.54, 1.807) is 0 Å². The number of amides is 4. The van der Waals surface area contributed by atoms with Crippen molar-refractivity contribution in [2.24, 2.45) is 0 Å². The fraction of sp³-hybridized carbons (Fsp3) is 0.438. The average Bonchev–Trinajstić information content (AvgIpc) is 3.00. The van der Waals surface area contributed by atoms with E-state index in [1.807, 2.05) is 0 Å². The van der Waals surface area contributed by atoms with Crippen molar-refractivity contribution in [3.05, 3.63) is 24.3 Å². The van der Waals surface area contributed by atoms with E-state index in [1.165, 1.54) is 40.6 Å². The normalized spacial score (nSPS) is 19.1. The molecule has 10 nitrogen and oxygen atoms in total. The second-order valence-corrected chi connectivity index (χ2v) is 8.14. The zero-order chi connectivity index (χ0) is 19.6. The average molecular weight is 396 g/mol. The molecule has 11 heteroatoms. The second kappa shape index (κ2) is 7.53. The van der Waals surface area contributed by atoms with Crippen molar-refractivity contribution in [2.45, 2.75) is 23.8 Å². The van der Waals surface area contributed by atoms with Gasteiger partial charge in [-0.3, -0.25) is 15.0 Å². The third-order valence-corrected chi connectivity index (χ3v) is 6.50. The molecule has 2 N–H and O–H groups in total. The van der Waals surface area contributed by atoms with Crippen molar-refractivity contribution in [3.63, 3.8) is 0 Å². The standard InChI is InChI=1S/C16H20N4O6S/c1-26-16(23)18-11-2-4-13(5-3-11)27(24,25)19-8-6-12(7-9-19)20-14(21)10-17-15(20)22/h2-5,12H,6-10H2,1H3,(H,17,22)(H,18,23). The third kappa shape index (κ3) is 3.88. The lowest BCUT2D eigenvalue weighted by Crippen LogP contribution is -2.48. The van der Waals surface area contributed by atoms with Gasteiger partial charge in [0.25, 0.3) is 0 Å². The molecule has 1 aromatic rings. The molecule has 2 fully saturated rings. The Kier molecular flexibility index (Phi) is 5.33. The molecule has 0 unspecified atom stereocenters. The number of rotatable bonds is 4. The van der Waals surface area contributed by atoms with E-state index in [0.29, 0.717) is 18.5 Å². The lowest BCUT2D eigenvalue weighted by atomic mass is 10.1. The molecule has 0 bridgehead atoms. The molecule has 146 valence electrons. The zero-order valence-corrected chi connectivity index (χ0v) is 15.5. The lowest BCUT2D eigenvalue weighted by Gasteiger charge is -2.34. The number of piperidine rings is 1. The SMILES string of the molecule is COC(=O)Nc1ccc(S(=O)(=O)N2CCC(N3C(=O)CNC3=O)CC2)cc1. The van der Waals surface area contributed by atoms with E-state index in [0.717, 1.165) is 0 Å². The number of hydrogen-bond donors (Lipinski definition) is 2. The summed E-state index contributed by atoms with van der Waals surface area (Å²) >= 11 is 0. The van der Waals surface area contributed by atoms with Crippen molar-refractivity contribution < 1.29 is 27.5 Å². The maximum atomic E-state index is 12.8. The number of hydrogen-bond acceptors (Lipinski definition) is 6. The molecule has 0 spiro atoms. The third-order valence-electron chi connectivity index (χ3n) is 4.59. The highest BCUT2D eigenvalue weighted by molar-refractivity contribution is 7.89. The second-order valence-electron chi connectivity index (χ2n) is 6.20. The minimum Gasteiger partial charge on any atom is -0.453 e. The molecule has 0 saturated carbocycles. The summed E-state index contributed by atoms with van der Waals surface area (Å²) in [6, 6.07) is 5.05. The quantitative estimate of drug-likeness (QED) is 0.717. The Balaban J connectivity index is 1.65. The number of nitrogens with zero attached hydrogens (tertiary/aromatic N) is 2. The number of nitrogens with one attached hydrogen (secondary N) is 2. The van der Waals surface area contributed by atoms with Gasteiger partial charge in [0.1, 0.15) is 0 Å². The number of ether oxygens (including phenoxy) is 1. The Bertz CT molecular complexity index is 830. The van der Waals surface area contributed by atoms with Gasteiger partial charge in [-0.05, 0) is 37.1 Å². The summed E-state index contributed by atoms with van der Waals surface area (Å²) in [6.07, 6.45) is 0.133. The first-order valence-electron chi connectivity index (χ1n) is 8.38. The summed E-state index contributed by atoms with van der Waals surface area (Å²) in [5.74, 6) is -0.282. The van der Waals surface area contributed by atoms with Crippen LogP contribution in [0.2, 0.25) is 0 Å². The molecule has 0 aromatic heterocycles. The van der Waals surface area contributed by atoms with Crippen molar-refractivity contribution in [1.82, 2.24) is 14.5 Å². The van der Waals surface area contributed by atoms with Crippen LogP contribution in [0.3, 0.4) is 0 Å². The number of anilines is 1. The first-order valence-corrected chi connectivity index (χ1v) is 9.82. The molecule has 4 amide bonds. The Morgan fingerprint density at radius 2 is 1.81 bits per heavy atom. The minimum atomic E-state index is -3.70. The van der Waals surface area contributed by atoms with Gasteiger partial charge in [0.05, 0.1) is 18.6 Å². The van der Waals surface area contributed by atoms with Crippen LogP contribution >= 0.6 is 0 Å². The van der Waals surface area contributed by atoms with Crippen molar-refractivity contribution in [1.29, 1.82) is 0 Å². The summed E-state index contributed by atoms with van der Waals surface area (Å²) < 4.78 is 31.4. The molecule has 1 aromatic carbocycles. The fourth-order valence-corrected chi connectivity index (χ4v) is 4.64. The molecule has 27 heavy (non-hydrogen) atoms. The van der Waals surface area contributed by atoms with E-state index >= 15 is 0 Å². The molecular weight excluding hydrogens is 376 g/mol. The van der Waals surface area contributed by atoms with Gasteiger partial charge >= 0.3 is 12.1 Å². The van der Waals surface area contributed by atoms with Crippen molar-refractivity contribution in [3.8, 4) is 0 Å². The first-order chi connectivity index (χ1) is 12.8. The van der Waals surface area contributed by atoms with Crippen molar-refractivity contribution in [2.75, 3.05) is 32.1 Å². The van der Waals surface area contributed by atoms with E-state index in [9.17, 15) is 22.8 Å². The van der Waals surface area contributed by atoms with Crippen molar-refractivity contribution >= 4 is 33.7 Å². The summed E-state index contributed by atoms with van der Waals surface area (Å²) in [5, 5.41) is 4.92. The van der Waals surface area contributed by atoms with Crippen LogP contribution in [-0.4, -0.2) is 68.4 Å². The number of benzene rings is 1. The molecule has 2 aliphatic heterocycles. The summed E-state index contributed by atoms with van der Waals surface area (Å²) in [6.45, 7) is 0.418. The maximum Gasteiger partial charge on any atom is 0.411 e. The topological polar surface area (TPSA) is 125 Å². The van der Waals surface area contributed by atoms with Gasteiger partial charge in [-0.2, -0.15) is 4.31 Å². The Hall–Kier alpha value is -2.66. The van der Waals surface area contributed by atoms with Crippen LogP contribution in [0.25, 0.3) is 0 Å². The number of urea groups is 1. The van der Waals surface area contributed by atoms with Crippen LogP contribution in [0.5, 0.6) is 0 Å². The minimum absolute atomic E-state index is 0.0106. The smallest absolute Gasteiger partial charge is 0.411 e. The highest BCUT2D eigenvalue weighted by Gasteiger charge is 2.38. The predicted molar refractivity (Wildman–Crippen MR) is 94.5 cm³/mol. The highest BCUT2D eigenvalue weighted by Crippen LogP contribution is 2.25. The van der Waals surface area contributed by atoms with E-state index in [4.69, 9.17) is 0 Å². The maximum absolute atomic E-state index is 12.8. The van der Waals surface area contributed by atoms with Gasteiger partial charge in [0.15, 0.2) is 0 Å². The van der Waals surface area contributed by atoms with Gasteiger partial charge in [0.2, 0.25) is 15.9 Å². The largest absolute Gasteiger partial charge is 0.453 e. The molecule has 0 aliphatic carbocycles. The fourth-order valence-electron chi connectivity index (χ4n) is 3.17. The Morgan fingerprint density at radius 3 is 2.33 bits per heavy atom. The van der Waals surface area contributed by atoms with Crippen LogP contribution in [0.4, 0.5) is 15.3 Å². The summed E-state index contributed by atoms with van der Waals surface area (Å²) in [7, 11) is -2.47. The highest BCUT2D eigenvalue weighted by atomic mass is 32.2. The van der Waals surface area contributed by atoms with Gasteiger partial charge in [-0.25, -0.2) is 18.0 Å². The number of imide groups is 1. The molecule has 2 heterocycles. The lowest BCUT2D eigenvalue weighted by molar-refractivity contribution is -0.127. The van der Waals surface area contributed by atoms with Crippen LogP contribution in [0.1, 0.15) is 12.8 Å². The molecular formula is C16H20N4O6S. The number of methoxy groups -OCH3 is 1. The van der Waals surface area contributed by atoms with E-state index < -0.39 is 22.1 Å². The van der Waals surface area contributed by atoms with Gasteiger partial charge in [-0.15, -0.1) is 0 Å². The first kappa shape index (κ1) is 19.1. The van der Waals surface area contributed by atoms with E-state index in [-0.39, 0.29) is 36.5 Å². The Morgan fingerprint density at radius 1 is 1.19 bits per heavy atom. The van der Waals surface area contributed by atoms with Gasteiger partial charge in [0, 0.05) is 24.8 Å². The molecule has 0 radical (unpaired) electrons. The molecule has 0 atom stereocenters. The summed E-state index contributed by atoms with van der Waals surface area (Å²) in [5.41, 5.74) is 0.415. The van der Waals surface area contributed by atoms with Gasteiger partial charge < -0.3 is 10.1 Å². The van der Waals surface area contributed by atoms with Gasteiger partial charge in [-0.1, -0.05) is 0 Å². The van der Waals surface area contributed by atoms with E-state index in [2.05, 4.69) is 15.4 Å².